The Morgan fingerprint density at radius 2 is 1.50 bits per heavy atom. The van der Waals surface area contributed by atoms with E-state index in [1.807, 2.05) is 0 Å². The summed E-state index contributed by atoms with van der Waals surface area (Å²) in [4.78, 5) is 18.5. The number of carbonyl (C=O) groups excluding carboxylic acids is 1. The maximum Gasteiger partial charge on any atom is 0.224 e. The van der Waals surface area contributed by atoms with Gasteiger partial charge in [-0.1, -0.05) is 5.92 Å². The molecule has 2 bridgehead atoms. The van der Waals surface area contributed by atoms with E-state index in [1.165, 1.54) is 5.06 Å². The number of hydroxylamine groups is 2. The standard InChI is InChI=1S/C21H21F5N2O2/c22-16-17(23)19(25)21(20(26)18(16)24)30-28-10-12-6-7-13(11-28)14(12)4-1-2-8-27-9-3-5-15(27)29/h12-14H,3-11H2. The molecular formula is C21H21F5N2O2. The molecule has 1 aliphatic carbocycles. The lowest BCUT2D eigenvalue weighted by Gasteiger charge is -2.36. The maximum absolute atomic E-state index is 13.9. The van der Waals surface area contributed by atoms with E-state index in [2.05, 4.69) is 11.8 Å². The summed E-state index contributed by atoms with van der Waals surface area (Å²) in [5, 5.41) is 1.29. The van der Waals surface area contributed by atoms with Crippen molar-refractivity contribution in [2.75, 3.05) is 26.2 Å². The minimum Gasteiger partial charge on any atom is -0.399 e. The third kappa shape index (κ3) is 3.85. The summed E-state index contributed by atoms with van der Waals surface area (Å²) in [6.07, 6.45) is 3.87. The Kier molecular flexibility index (Phi) is 5.87. The van der Waals surface area contributed by atoms with Crippen molar-refractivity contribution in [1.29, 1.82) is 0 Å². The van der Waals surface area contributed by atoms with E-state index < -0.39 is 34.8 Å². The first kappa shape index (κ1) is 20.9. The highest BCUT2D eigenvalue weighted by molar-refractivity contribution is 5.78. The van der Waals surface area contributed by atoms with Gasteiger partial charge in [0.1, 0.15) is 0 Å². The van der Waals surface area contributed by atoms with Crippen LogP contribution < -0.4 is 4.84 Å². The summed E-state index contributed by atoms with van der Waals surface area (Å²) in [5.74, 6) is -4.52. The second kappa shape index (κ2) is 8.42. The summed E-state index contributed by atoms with van der Waals surface area (Å²) in [5.41, 5.74) is 0. The first-order valence-corrected chi connectivity index (χ1v) is 10.0. The highest BCUT2D eigenvalue weighted by Gasteiger charge is 2.43. The van der Waals surface area contributed by atoms with Gasteiger partial charge >= 0.3 is 0 Å². The van der Waals surface area contributed by atoms with Crippen molar-refractivity contribution in [1.82, 2.24) is 9.96 Å². The number of halogens is 5. The van der Waals surface area contributed by atoms with E-state index in [9.17, 15) is 26.7 Å². The number of hydrogen-bond donors (Lipinski definition) is 0. The van der Waals surface area contributed by atoms with Crippen LogP contribution in [0.15, 0.2) is 0 Å². The zero-order valence-corrected chi connectivity index (χ0v) is 16.2. The van der Waals surface area contributed by atoms with Crippen LogP contribution >= 0.6 is 0 Å². The number of fused-ring (bicyclic) bond motifs is 2. The van der Waals surface area contributed by atoms with E-state index in [-0.39, 0.29) is 23.7 Å². The van der Waals surface area contributed by atoms with Crippen molar-refractivity contribution in [2.24, 2.45) is 17.8 Å². The van der Waals surface area contributed by atoms with Gasteiger partial charge in [0.05, 0.1) is 6.54 Å². The minimum absolute atomic E-state index is 0.128. The second-order valence-electron chi connectivity index (χ2n) is 8.08. The van der Waals surface area contributed by atoms with Gasteiger partial charge in [-0.2, -0.15) is 8.78 Å². The minimum atomic E-state index is -2.20. The number of nitrogens with zero attached hydrogens (tertiary/aromatic N) is 2. The van der Waals surface area contributed by atoms with Crippen LogP contribution in [-0.2, 0) is 4.79 Å². The van der Waals surface area contributed by atoms with Crippen molar-refractivity contribution in [3.63, 3.8) is 0 Å². The summed E-state index contributed by atoms with van der Waals surface area (Å²) in [7, 11) is 0. The summed E-state index contributed by atoms with van der Waals surface area (Å²) >= 11 is 0. The summed E-state index contributed by atoms with van der Waals surface area (Å²) in [6, 6.07) is 0. The monoisotopic (exact) mass is 428 g/mol. The molecule has 1 aromatic rings. The van der Waals surface area contributed by atoms with Crippen LogP contribution in [0.4, 0.5) is 22.0 Å². The lowest BCUT2D eigenvalue weighted by atomic mass is 9.83. The molecule has 2 atom stereocenters. The third-order valence-corrected chi connectivity index (χ3v) is 6.29. The zero-order chi connectivity index (χ0) is 21.4. The number of carbonyl (C=O) groups is 1. The molecule has 0 aromatic heterocycles. The zero-order valence-electron chi connectivity index (χ0n) is 16.2. The maximum atomic E-state index is 13.9. The van der Waals surface area contributed by atoms with Gasteiger partial charge in [0.25, 0.3) is 0 Å². The Hall–Kier alpha value is -2.34. The number of amides is 1. The number of piperidine rings is 1. The fourth-order valence-electron chi connectivity index (χ4n) is 4.71. The molecule has 4 nitrogen and oxygen atoms in total. The Bertz CT molecular complexity index is 870. The van der Waals surface area contributed by atoms with Crippen molar-refractivity contribution >= 4 is 5.91 Å². The molecule has 9 heteroatoms. The van der Waals surface area contributed by atoms with Crippen LogP contribution in [0.1, 0.15) is 32.1 Å². The van der Waals surface area contributed by atoms with E-state index in [4.69, 9.17) is 4.84 Å². The Balaban J connectivity index is 1.37. The number of benzene rings is 1. The molecule has 0 radical (unpaired) electrons. The fraction of sp³-hybridized carbons (Fsp3) is 0.571. The molecule has 2 aliphatic heterocycles. The average molecular weight is 428 g/mol. The van der Waals surface area contributed by atoms with Gasteiger partial charge in [-0.3, -0.25) is 4.79 Å². The topological polar surface area (TPSA) is 32.8 Å². The quantitative estimate of drug-likeness (QED) is 0.318. The molecule has 1 amide bonds. The molecule has 1 aromatic carbocycles. The SMILES string of the molecule is O=C1CCCN1CC#CCC1C2CCC1CN(Oc1c(F)c(F)c(F)c(F)c1F)C2. The molecule has 2 saturated heterocycles. The predicted molar refractivity (Wildman–Crippen MR) is 96.3 cm³/mol. The second-order valence-corrected chi connectivity index (χ2v) is 8.08. The lowest BCUT2D eigenvalue weighted by molar-refractivity contribution is -0.127. The molecule has 0 N–H and O–H groups in total. The van der Waals surface area contributed by atoms with Crippen molar-refractivity contribution in [3.8, 4) is 17.6 Å². The van der Waals surface area contributed by atoms with Gasteiger partial charge in [-0.15, -0.1) is 11.0 Å². The van der Waals surface area contributed by atoms with Gasteiger partial charge in [0.15, 0.2) is 0 Å². The number of likely N-dealkylation sites (tertiary alicyclic amines) is 1. The lowest BCUT2D eigenvalue weighted by Crippen LogP contribution is -2.44. The highest BCUT2D eigenvalue weighted by Crippen LogP contribution is 2.44. The molecule has 1 saturated carbocycles. The van der Waals surface area contributed by atoms with Gasteiger partial charge in [0, 0.05) is 32.5 Å². The van der Waals surface area contributed by atoms with Gasteiger partial charge < -0.3 is 9.74 Å². The Morgan fingerprint density at radius 3 is 2.07 bits per heavy atom. The number of rotatable bonds is 4. The van der Waals surface area contributed by atoms with Crippen LogP contribution in [0.2, 0.25) is 0 Å². The van der Waals surface area contributed by atoms with Gasteiger partial charge in [-0.05, 0) is 37.0 Å². The molecule has 0 spiro atoms. The van der Waals surface area contributed by atoms with Crippen LogP contribution in [0.25, 0.3) is 0 Å². The molecule has 2 unspecified atom stereocenters. The van der Waals surface area contributed by atoms with E-state index >= 15 is 0 Å². The summed E-state index contributed by atoms with van der Waals surface area (Å²) < 4.78 is 67.8. The highest BCUT2D eigenvalue weighted by atomic mass is 19.2. The fourth-order valence-corrected chi connectivity index (χ4v) is 4.71. The normalized spacial score (nSPS) is 26.1. The van der Waals surface area contributed by atoms with Crippen LogP contribution in [0.3, 0.4) is 0 Å². The Morgan fingerprint density at radius 1 is 0.900 bits per heavy atom. The first-order valence-electron chi connectivity index (χ1n) is 10.0. The molecule has 162 valence electrons. The van der Waals surface area contributed by atoms with Crippen molar-refractivity contribution < 1.29 is 31.6 Å². The van der Waals surface area contributed by atoms with Crippen LogP contribution in [-0.4, -0.2) is 42.0 Å². The molecule has 2 heterocycles. The largest absolute Gasteiger partial charge is 0.399 e. The predicted octanol–water partition coefficient (Wildman–Crippen LogP) is 3.65. The van der Waals surface area contributed by atoms with Gasteiger partial charge in [-0.25, -0.2) is 13.2 Å². The number of hydrogen-bond acceptors (Lipinski definition) is 3. The van der Waals surface area contributed by atoms with Gasteiger partial charge in [0.2, 0.25) is 40.7 Å². The van der Waals surface area contributed by atoms with Crippen LogP contribution in [0.5, 0.6) is 5.75 Å². The first-order chi connectivity index (χ1) is 14.4. The van der Waals surface area contributed by atoms with Crippen molar-refractivity contribution in [3.05, 3.63) is 29.1 Å². The third-order valence-electron chi connectivity index (χ3n) is 6.29. The average Bonchev–Trinajstić information content (AvgIpc) is 3.24. The van der Waals surface area contributed by atoms with Crippen molar-refractivity contribution in [2.45, 2.75) is 32.1 Å². The molecule has 3 aliphatic rings. The Labute approximate surface area is 170 Å². The molecular weight excluding hydrogens is 407 g/mol. The molecule has 30 heavy (non-hydrogen) atoms. The van der Waals surface area contributed by atoms with E-state index in [1.54, 1.807) is 4.90 Å². The smallest absolute Gasteiger partial charge is 0.224 e. The van der Waals surface area contributed by atoms with E-state index in [0.717, 1.165) is 25.8 Å². The van der Waals surface area contributed by atoms with E-state index in [0.29, 0.717) is 32.5 Å². The molecule has 4 rings (SSSR count). The molecule has 3 fully saturated rings. The van der Waals surface area contributed by atoms with Crippen LogP contribution in [0, 0.1) is 58.7 Å². The summed E-state index contributed by atoms with van der Waals surface area (Å²) in [6.45, 7) is 1.82.